The molecule has 0 saturated carbocycles. The Balaban J connectivity index is 1.71. The lowest BCUT2D eigenvalue weighted by Gasteiger charge is -2.45. The van der Waals surface area contributed by atoms with Crippen molar-refractivity contribution in [3.05, 3.63) is 60.7 Å². The molecule has 0 spiro atoms. The number of methoxy groups -OCH3 is 1. The average Bonchev–Trinajstić information content (AvgIpc) is 3.25. The molecule has 35 heavy (non-hydrogen) atoms. The summed E-state index contributed by atoms with van der Waals surface area (Å²) >= 11 is 0. The first-order valence-electron chi connectivity index (χ1n) is 12.6. The molecule has 6 nitrogen and oxygen atoms in total. The van der Waals surface area contributed by atoms with E-state index in [1.807, 2.05) is 12.1 Å². The fraction of sp³-hybridized carbons (Fsp3) is 0.536. The van der Waals surface area contributed by atoms with Crippen molar-refractivity contribution in [1.82, 2.24) is 4.90 Å². The van der Waals surface area contributed by atoms with Gasteiger partial charge in [-0.3, -0.25) is 4.79 Å². The summed E-state index contributed by atoms with van der Waals surface area (Å²) < 4.78 is 12.6. The molecule has 2 aromatic carbocycles. The highest BCUT2D eigenvalue weighted by atomic mass is 28.4. The number of aliphatic hydroxyl groups is 2. The molecule has 0 aliphatic carbocycles. The van der Waals surface area contributed by atoms with Gasteiger partial charge in [-0.15, -0.1) is 0 Å². The predicted octanol–water partition coefficient (Wildman–Crippen LogP) is 2.45. The van der Waals surface area contributed by atoms with Crippen molar-refractivity contribution in [2.24, 2.45) is 0 Å². The second kappa shape index (κ2) is 10.1. The van der Waals surface area contributed by atoms with Gasteiger partial charge in [-0.2, -0.15) is 0 Å². The van der Waals surface area contributed by atoms with Crippen molar-refractivity contribution in [3.8, 4) is 0 Å². The van der Waals surface area contributed by atoms with Gasteiger partial charge in [0.1, 0.15) is 5.60 Å². The van der Waals surface area contributed by atoms with E-state index in [2.05, 4.69) is 69.3 Å². The lowest BCUT2D eigenvalue weighted by molar-refractivity contribution is -0.158. The molecule has 0 unspecified atom stereocenters. The first kappa shape index (κ1) is 26.0. The highest BCUT2D eigenvalue weighted by Gasteiger charge is 2.56. The summed E-state index contributed by atoms with van der Waals surface area (Å²) in [5, 5.41) is 23.8. The number of fused-ring (bicyclic) bond motifs is 1. The molecule has 2 aromatic rings. The van der Waals surface area contributed by atoms with Crippen LogP contribution in [-0.4, -0.2) is 73.4 Å². The van der Waals surface area contributed by atoms with Crippen LogP contribution >= 0.6 is 0 Å². The van der Waals surface area contributed by atoms with Crippen LogP contribution in [0.2, 0.25) is 5.04 Å². The normalized spacial score (nSPS) is 27.5. The summed E-state index contributed by atoms with van der Waals surface area (Å²) in [7, 11) is -1.22. The van der Waals surface area contributed by atoms with Crippen molar-refractivity contribution in [3.63, 3.8) is 0 Å². The Kier molecular flexibility index (Phi) is 7.55. The summed E-state index contributed by atoms with van der Waals surface area (Å²) in [5.74, 6) is -0.00466. The summed E-state index contributed by atoms with van der Waals surface area (Å²) in [4.78, 5) is 15.1. The number of carbonyl (C=O) groups is 1. The number of benzene rings is 2. The van der Waals surface area contributed by atoms with Crippen LogP contribution in [0.5, 0.6) is 0 Å². The molecule has 2 saturated heterocycles. The Morgan fingerprint density at radius 3 is 2.06 bits per heavy atom. The van der Waals surface area contributed by atoms with Crippen LogP contribution in [0.1, 0.15) is 46.5 Å². The third-order valence-electron chi connectivity index (χ3n) is 7.99. The van der Waals surface area contributed by atoms with E-state index in [1.165, 1.54) is 17.5 Å². The van der Waals surface area contributed by atoms with E-state index in [0.29, 0.717) is 25.9 Å². The molecular formula is C28H39NO5Si. The van der Waals surface area contributed by atoms with Crippen molar-refractivity contribution in [2.75, 3.05) is 20.3 Å². The summed E-state index contributed by atoms with van der Waals surface area (Å²) in [6, 6.07) is 20.3. The highest BCUT2D eigenvalue weighted by Crippen LogP contribution is 2.41. The smallest absolute Gasteiger partial charge is 0.261 e. The Hall–Kier alpha value is -2.03. The number of rotatable bonds is 7. The van der Waals surface area contributed by atoms with Gasteiger partial charge in [-0.05, 0) is 34.7 Å². The number of aliphatic hydroxyl groups excluding tert-OH is 1. The standard InChI is InChI=1S/C28H39NO5Si/c1-27(2,3)35(22-11-7-5-8-12-22,23-13-9-6-10-14-23)34-19-21-15-16-24-28(32,20-30)25(33-4)17-18-26(31)29(21)24/h5-14,21,24-25,30,32H,15-20H2,1-4H3/t21-,24-,25+,28-/m0/s1. The van der Waals surface area contributed by atoms with Gasteiger partial charge in [0.05, 0.1) is 31.4 Å². The van der Waals surface area contributed by atoms with E-state index in [-0.39, 0.29) is 23.4 Å². The highest BCUT2D eigenvalue weighted by molar-refractivity contribution is 6.99. The molecule has 7 heteroatoms. The maximum atomic E-state index is 13.3. The predicted molar refractivity (Wildman–Crippen MR) is 139 cm³/mol. The summed E-state index contributed by atoms with van der Waals surface area (Å²) in [6.07, 6.45) is 1.42. The number of hydrogen-bond donors (Lipinski definition) is 2. The fourth-order valence-electron chi connectivity index (χ4n) is 6.27. The number of hydrogen-bond acceptors (Lipinski definition) is 5. The Morgan fingerprint density at radius 1 is 1.00 bits per heavy atom. The van der Waals surface area contributed by atoms with Crippen LogP contribution in [0, 0.1) is 0 Å². The summed E-state index contributed by atoms with van der Waals surface area (Å²) in [5.41, 5.74) is -1.48. The largest absolute Gasteiger partial charge is 0.405 e. The van der Waals surface area contributed by atoms with Crippen LogP contribution in [0.4, 0.5) is 0 Å². The van der Waals surface area contributed by atoms with Crippen LogP contribution in [-0.2, 0) is 14.0 Å². The Bertz CT molecular complexity index is 956. The molecule has 4 rings (SSSR count). The van der Waals surface area contributed by atoms with Gasteiger partial charge in [0.25, 0.3) is 8.32 Å². The number of carbonyl (C=O) groups excluding carboxylic acids is 1. The quantitative estimate of drug-likeness (QED) is 0.575. The van der Waals surface area contributed by atoms with Gasteiger partial charge in [-0.1, -0.05) is 81.4 Å². The Morgan fingerprint density at radius 2 is 1.57 bits per heavy atom. The minimum Gasteiger partial charge on any atom is -0.405 e. The van der Waals surface area contributed by atoms with Gasteiger partial charge < -0.3 is 24.3 Å². The topological polar surface area (TPSA) is 79.2 Å². The molecule has 0 bridgehead atoms. The zero-order valence-corrected chi connectivity index (χ0v) is 22.3. The van der Waals surface area contributed by atoms with Crippen molar-refractivity contribution in [1.29, 1.82) is 0 Å². The van der Waals surface area contributed by atoms with Crippen LogP contribution < -0.4 is 10.4 Å². The van der Waals surface area contributed by atoms with Crippen molar-refractivity contribution < 1.29 is 24.2 Å². The third kappa shape index (κ3) is 4.49. The summed E-state index contributed by atoms with van der Waals surface area (Å²) in [6.45, 7) is 6.65. The molecule has 0 aromatic heterocycles. The van der Waals surface area contributed by atoms with E-state index in [4.69, 9.17) is 9.16 Å². The zero-order valence-electron chi connectivity index (χ0n) is 21.3. The first-order valence-corrected chi connectivity index (χ1v) is 14.5. The van der Waals surface area contributed by atoms with Gasteiger partial charge in [0.15, 0.2) is 0 Å². The minimum absolute atomic E-state index is 0.00466. The van der Waals surface area contributed by atoms with Gasteiger partial charge in [0, 0.05) is 13.5 Å². The van der Waals surface area contributed by atoms with Crippen LogP contribution in [0.15, 0.2) is 60.7 Å². The molecule has 0 radical (unpaired) electrons. The van der Waals surface area contributed by atoms with Gasteiger partial charge in [-0.25, -0.2) is 0 Å². The minimum atomic E-state index is -2.75. The van der Waals surface area contributed by atoms with E-state index in [9.17, 15) is 15.0 Å². The molecular weight excluding hydrogens is 458 g/mol. The first-order chi connectivity index (χ1) is 16.7. The third-order valence-corrected chi connectivity index (χ3v) is 13.0. The maximum Gasteiger partial charge on any atom is 0.261 e. The molecule has 2 heterocycles. The second-order valence-electron chi connectivity index (χ2n) is 10.9. The van der Waals surface area contributed by atoms with Crippen molar-refractivity contribution in [2.45, 2.75) is 75.3 Å². The number of nitrogens with zero attached hydrogens (tertiary/aromatic N) is 1. The molecule has 2 aliphatic heterocycles. The lowest BCUT2D eigenvalue weighted by Crippen LogP contribution is -2.67. The Labute approximate surface area is 210 Å². The average molecular weight is 498 g/mol. The fourth-order valence-corrected chi connectivity index (χ4v) is 10.9. The lowest BCUT2D eigenvalue weighted by atomic mass is 9.86. The number of ether oxygens (including phenoxy) is 1. The van der Waals surface area contributed by atoms with Crippen LogP contribution in [0.25, 0.3) is 0 Å². The van der Waals surface area contributed by atoms with E-state index in [0.717, 1.165) is 0 Å². The van der Waals surface area contributed by atoms with E-state index in [1.54, 1.807) is 4.90 Å². The van der Waals surface area contributed by atoms with Crippen molar-refractivity contribution >= 4 is 24.6 Å². The van der Waals surface area contributed by atoms with E-state index < -0.39 is 32.7 Å². The molecule has 2 N–H and O–H groups in total. The SMILES string of the molecule is CO[C@@H]1CCC(=O)N2[C@H](CO[Si](c3ccccc3)(c3ccccc3)C(C)(C)C)CC[C@H]2[C@@]1(O)CO. The molecule has 4 atom stereocenters. The number of amides is 1. The monoisotopic (exact) mass is 497 g/mol. The zero-order chi connectivity index (χ0) is 25.3. The molecule has 2 fully saturated rings. The second-order valence-corrected chi connectivity index (χ2v) is 15.2. The van der Waals surface area contributed by atoms with Gasteiger partial charge >= 0.3 is 0 Å². The molecule has 1 amide bonds. The molecule has 190 valence electrons. The van der Waals surface area contributed by atoms with Crippen LogP contribution in [0.3, 0.4) is 0 Å². The maximum absolute atomic E-state index is 13.3. The molecule has 2 aliphatic rings. The van der Waals surface area contributed by atoms with Gasteiger partial charge in [0.2, 0.25) is 5.91 Å². The van der Waals surface area contributed by atoms with E-state index >= 15 is 0 Å².